The van der Waals surface area contributed by atoms with Gasteiger partial charge in [-0.15, -0.1) is 0 Å². The number of methoxy groups -OCH3 is 1. The minimum atomic E-state index is 0.299. The normalized spacial score (nSPS) is 14.1. The molecule has 0 aliphatic carbocycles. The Morgan fingerprint density at radius 3 is 2.86 bits per heavy atom. The number of benzene rings is 1. The number of nitrogens with two attached hydrogens (primary N) is 1. The summed E-state index contributed by atoms with van der Waals surface area (Å²) in [7, 11) is 1.65. The Bertz CT molecular complexity index is 644. The van der Waals surface area contributed by atoms with Crippen molar-refractivity contribution in [3.05, 3.63) is 35.5 Å². The van der Waals surface area contributed by atoms with Crippen molar-refractivity contribution in [2.45, 2.75) is 12.8 Å². The van der Waals surface area contributed by atoms with Gasteiger partial charge in [0, 0.05) is 18.5 Å². The van der Waals surface area contributed by atoms with Crippen LogP contribution >= 0.6 is 0 Å². The van der Waals surface area contributed by atoms with Crippen LogP contribution in [0.5, 0.6) is 5.75 Å². The fourth-order valence-corrected chi connectivity index (χ4v) is 2.54. The van der Waals surface area contributed by atoms with Gasteiger partial charge in [-0.2, -0.15) is 4.98 Å². The van der Waals surface area contributed by atoms with Crippen LogP contribution in [0.25, 0.3) is 0 Å². The third-order valence-electron chi connectivity index (χ3n) is 3.56. The number of anilines is 3. The molecule has 1 aliphatic heterocycles. The highest BCUT2D eigenvalue weighted by molar-refractivity contribution is 5.67. The minimum Gasteiger partial charge on any atom is -0.495 e. The molecular formula is C15H19N5O. The maximum Gasteiger partial charge on any atom is 0.222 e. The van der Waals surface area contributed by atoms with Crippen molar-refractivity contribution in [3.63, 3.8) is 0 Å². The highest BCUT2D eigenvalue weighted by Gasteiger charge is 2.16. The standard InChI is InChI=1S/C15H19N5O/c1-21-13-5-3-2-4-12(13)18-14-10-6-8-17-9-7-11(10)19-15(16)20-14/h2-5,17H,6-9H2,1H3,(H3,16,18,19,20). The van der Waals surface area contributed by atoms with Crippen LogP contribution in [0.4, 0.5) is 17.5 Å². The number of aromatic nitrogens is 2. The molecule has 6 heteroatoms. The Labute approximate surface area is 123 Å². The summed E-state index contributed by atoms with van der Waals surface area (Å²) < 4.78 is 5.37. The molecule has 0 amide bonds. The van der Waals surface area contributed by atoms with Crippen LogP contribution in [-0.4, -0.2) is 30.2 Å². The summed E-state index contributed by atoms with van der Waals surface area (Å²) in [6.07, 6.45) is 1.75. The van der Waals surface area contributed by atoms with Gasteiger partial charge in [0.1, 0.15) is 11.6 Å². The van der Waals surface area contributed by atoms with Gasteiger partial charge >= 0.3 is 0 Å². The molecule has 0 radical (unpaired) electrons. The van der Waals surface area contributed by atoms with Gasteiger partial charge < -0.3 is 21.1 Å². The first-order valence-corrected chi connectivity index (χ1v) is 7.04. The molecule has 4 N–H and O–H groups in total. The van der Waals surface area contributed by atoms with E-state index >= 15 is 0 Å². The van der Waals surface area contributed by atoms with Crippen LogP contribution in [0, 0.1) is 0 Å². The van der Waals surface area contributed by atoms with E-state index in [9.17, 15) is 0 Å². The van der Waals surface area contributed by atoms with E-state index in [0.717, 1.165) is 54.4 Å². The Kier molecular flexibility index (Phi) is 3.87. The van der Waals surface area contributed by atoms with Gasteiger partial charge in [-0.25, -0.2) is 4.98 Å². The number of para-hydroxylation sites is 2. The van der Waals surface area contributed by atoms with E-state index in [2.05, 4.69) is 20.6 Å². The first-order valence-electron chi connectivity index (χ1n) is 7.04. The summed E-state index contributed by atoms with van der Waals surface area (Å²) >= 11 is 0. The maximum atomic E-state index is 5.84. The van der Waals surface area contributed by atoms with Crippen molar-refractivity contribution in [1.29, 1.82) is 0 Å². The molecule has 3 rings (SSSR count). The molecule has 0 unspecified atom stereocenters. The van der Waals surface area contributed by atoms with Crippen molar-refractivity contribution in [3.8, 4) is 5.75 Å². The smallest absolute Gasteiger partial charge is 0.222 e. The number of rotatable bonds is 3. The number of ether oxygens (including phenoxy) is 1. The molecule has 0 saturated heterocycles. The second kappa shape index (κ2) is 5.97. The number of nitrogens with zero attached hydrogens (tertiary/aromatic N) is 2. The van der Waals surface area contributed by atoms with Gasteiger partial charge in [0.15, 0.2) is 0 Å². The molecule has 0 spiro atoms. The SMILES string of the molecule is COc1ccccc1Nc1nc(N)nc2c1CCNCC2. The summed E-state index contributed by atoms with van der Waals surface area (Å²) in [4.78, 5) is 8.75. The molecule has 6 nitrogen and oxygen atoms in total. The van der Waals surface area contributed by atoms with Crippen LogP contribution in [0.2, 0.25) is 0 Å². The monoisotopic (exact) mass is 285 g/mol. The fraction of sp³-hybridized carbons (Fsp3) is 0.333. The van der Waals surface area contributed by atoms with Crippen LogP contribution in [0.3, 0.4) is 0 Å². The van der Waals surface area contributed by atoms with Crippen molar-refractivity contribution >= 4 is 17.5 Å². The topological polar surface area (TPSA) is 85.1 Å². The lowest BCUT2D eigenvalue weighted by atomic mass is 10.1. The molecular weight excluding hydrogens is 266 g/mol. The molecule has 0 bridgehead atoms. The highest BCUT2D eigenvalue weighted by Crippen LogP contribution is 2.29. The summed E-state index contributed by atoms with van der Waals surface area (Å²) in [6, 6.07) is 7.75. The van der Waals surface area contributed by atoms with E-state index in [-0.39, 0.29) is 0 Å². The quantitative estimate of drug-likeness (QED) is 0.792. The highest BCUT2D eigenvalue weighted by atomic mass is 16.5. The Balaban J connectivity index is 2.00. The summed E-state index contributed by atoms with van der Waals surface area (Å²) in [5.41, 5.74) is 8.86. The molecule has 1 aromatic heterocycles. The summed E-state index contributed by atoms with van der Waals surface area (Å²) in [5, 5.41) is 6.70. The molecule has 0 fully saturated rings. The van der Waals surface area contributed by atoms with Crippen LogP contribution in [-0.2, 0) is 12.8 Å². The van der Waals surface area contributed by atoms with Gasteiger partial charge in [0.05, 0.1) is 18.5 Å². The molecule has 110 valence electrons. The maximum absolute atomic E-state index is 5.84. The molecule has 1 aromatic carbocycles. The molecule has 2 aromatic rings. The van der Waals surface area contributed by atoms with Gasteiger partial charge in [-0.05, 0) is 25.1 Å². The number of nitrogens with one attached hydrogen (secondary N) is 2. The molecule has 21 heavy (non-hydrogen) atoms. The van der Waals surface area contributed by atoms with Crippen LogP contribution in [0.15, 0.2) is 24.3 Å². The zero-order valence-corrected chi connectivity index (χ0v) is 12.0. The lowest BCUT2D eigenvalue weighted by Gasteiger charge is -2.15. The second-order valence-corrected chi connectivity index (χ2v) is 4.93. The molecule has 0 atom stereocenters. The largest absolute Gasteiger partial charge is 0.495 e. The first-order chi connectivity index (χ1) is 10.3. The average molecular weight is 285 g/mol. The van der Waals surface area contributed by atoms with E-state index in [4.69, 9.17) is 10.5 Å². The van der Waals surface area contributed by atoms with Crippen molar-refractivity contribution in [2.24, 2.45) is 0 Å². The Morgan fingerprint density at radius 2 is 2.00 bits per heavy atom. The lowest BCUT2D eigenvalue weighted by Crippen LogP contribution is -2.16. The van der Waals surface area contributed by atoms with E-state index < -0.39 is 0 Å². The van der Waals surface area contributed by atoms with Crippen molar-refractivity contribution in [1.82, 2.24) is 15.3 Å². The van der Waals surface area contributed by atoms with E-state index in [1.54, 1.807) is 7.11 Å². The Morgan fingerprint density at radius 1 is 1.19 bits per heavy atom. The third kappa shape index (κ3) is 2.90. The average Bonchev–Trinajstić information content (AvgIpc) is 2.73. The molecule has 1 aliphatic rings. The lowest BCUT2D eigenvalue weighted by molar-refractivity contribution is 0.417. The van der Waals surface area contributed by atoms with E-state index in [0.29, 0.717) is 5.95 Å². The van der Waals surface area contributed by atoms with Gasteiger partial charge in [0.25, 0.3) is 0 Å². The van der Waals surface area contributed by atoms with Crippen LogP contribution < -0.4 is 21.1 Å². The molecule has 2 heterocycles. The Hall–Kier alpha value is -2.34. The van der Waals surface area contributed by atoms with E-state index in [1.807, 2.05) is 24.3 Å². The van der Waals surface area contributed by atoms with Crippen molar-refractivity contribution < 1.29 is 4.74 Å². The third-order valence-corrected chi connectivity index (χ3v) is 3.56. The summed E-state index contributed by atoms with van der Waals surface area (Å²) in [5.74, 6) is 1.84. The first kappa shape index (κ1) is 13.6. The zero-order valence-electron chi connectivity index (χ0n) is 12.0. The number of nitrogen functional groups attached to an aromatic ring is 1. The second-order valence-electron chi connectivity index (χ2n) is 4.93. The van der Waals surface area contributed by atoms with Gasteiger partial charge in [-0.3, -0.25) is 0 Å². The minimum absolute atomic E-state index is 0.299. The molecule has 0 saturated carbocycles. The van der Waals surface area contributed by atoms with Crippen LogP contribution in [0.1, 0.15) is 11.3 Å². The summed E-state index contributed by atoms with van der Waals surface area (Å²) in [6.45, 7) is 1.83. The number of hydrogen-bond acceptors (Lipinski definition) is 6. The fourth-order valence-electron chi connectivity index (χ4n) is 2.54. The number of fused-ring (bicyclic) bond motifs is 1. The van der Waals surface area contributed by atoms with Gasteiger partial charge in [0.2, 0.25) is 5.95 Å². The predicted octanol–water partition coefficient (Wildman–Crippen LogP) is 1.50. The van der Waals surface area contributed by atoms with Gasteiger partial charge in [-0.1, -0.05) is 12.1 Å². The number of hydrogen-bond donors (Lipinski definition) is 3. The van der Waals surface area contributed by atoms with Crippen molar-refractivity contribution in [2.75, 3.05) is 31.2 Å². The zero-order chi connectivity index (χ0) is 14.7. The van der Waals surface area contributed by atoms with E-state index in [1.165, 1.54) is 0 Å². The predicted molar refractivity (Wildman–Crippen MR) is 83.0 cm³/mol.